The molecule has 0 spiro atoms. The summed E-state index contributed by atoms with van der Waals surface area (Å²) in [6.45, 7) is 2.82. The van der Waals surface area contributed by atoms with Crippen LogP contribution in [0.25, 0.3) is 0 Å². The number of aliphatic carboxylic acids is 1. The third-order valence-corrected chi connectivity index (χ3v) is 2.04. The maximum atomic E-state index is 10.2. The SMILES string of the molecule is CCCOc1ccc(/C=N/OCCC(=O)O)cc1. The Morgan fingerprint density at radius 2 is 2.06 bits per heavy atom. The van der Waals surface area contributed by atoms with Gasteiger partial charge in [-0.2, -0.15) is 0 Å². The van der Waals surface area contributed by atoms with E-state index >= 15 is 0 Å². The standard InChI is InChI=1S/C13H17NO4/c1-2-8-17-12-5-3-11(4-6-12)10-14-18-9-7-13(15)16/h3-6,10H,2,7-9H2,1H3,(H,15,16)/b14-10+. The Labute approximate surface area is 106 Å². The Balaban J connectivity index is 2.33. The van der Waals surface area contributed by atoms with Crippen LogP contribution in [0.3, 0.4) is 0 Å². The summed E-state index contributed by atoms with van der Waals surface area (Å²) in [5, 5.41) is 12.1. The molecule has 0 atom stereocenters. The molecule has 5 heteroatoms. The molecular formula is C13H17NO4. The Hall–Kier alpha value is -2.04. The van der Waals surface area contributed by atoms with E-state index in [0.29, 0.717) is 6.61 Å². The molecular weight excluding hydrogens is 234 g/mol. The fourth-order valence-electron chi connectivity index (χ4n) is 1.15. The van der Waals surface area contributed by atoms with E-state index in [2.05, 4.69) is 12.1 Å². The molecule has 5 nitrogen and oxygen atoms in total. The van der Waals surface area contributed by atoms with Crippen molar-refractivity contribution in [2.24, 2.45) is 5.16 Å². The number of carboxylic acid groups (broad SMARTS) is 1. The molecule has 1 aromatic rings. The summed E-state index contributed by atoms with van der Waals surface area (Å²) >= 11 is 0. The Bertz CT molecular complexity index is 386. The Morgan fingerprint density at radius 3 is 2.67 bits per heavy atom. The number of nitrogens with zero attached hydrogens (tertiary/aromatic N) is 1. The lowest BCUT2D eigenvalue weighted by molar-refractivity contribution is -0.138. The van der Waals surface area contributed by atoms with Crippen LogP contribution in [0.15, 0.2) is 29.4 Å². The van der Waals surface area contributed by atoms with E-state index in [1.54, 1.807) is 0 Å². The largest absolute Gasteiger partial charge is 0.494 e. The summed E-state index contributed by atoms with van der Waals surface area (Å²) in [5.41, 5.74) is 0.870. The van der Waals surface area contributed by atoms with Crippen molar-refractivity contribution in [3.05, 3.63) is 29.8 Å². The number of oxime groups is 1. The first-order chi connectivity index (χ1) is 8.72. The van der Waals surface area contributed by atoms with Gasteiger partial charge in [0.2, 0.25) is 0 Å². The highest BCUT2D eigenvalue weighted by Gasteiger charge is 1.95. The molecule has 0 bridgehead atoms. The number of carbonyl (C=O) groups is 1. The minimum Gasteiger partial charge on any atom is -0.494 e. The predicted molar refractivity (Wildman–Crippen MR) is 68.0 cm³/mol. The van der Waals surface area contributed by atoms with Gasteiger partial charge in [0.1, 0.15) is 12.4 Å². The van der Waals surface area contributed by atoms with Crippen LogP contribution >= 0.6 is 0 Å². The lowest BCUT2D eigenvalue weighted by atomic mass is 10.2. The van der Waals surface area contributed by atoms with Crippen molar-refractivity contribution in [2.75, 3.05) is 13.2 Å². The molecule has 1 N–H and O–H groups in total. The quantitative estimate of drug-likeness (QED) is 0.437. The van der Waals surface area contributed by atoms with Crippen LogP contribution in [0.1, 0.15) is 25.3 Å². The number of ether oxygens (including phenoxy) is 1. The second kappa shape index (κ2) is 8.11. The molecule has 0 saturated heterocycles. The molecule has 18 heavy (non-hydrogen) atoms. The van der Waals surface area contributed by atoms with Gasteiger partial charge in [-0.15, -0.1) is 0 Å². The minimum absolute atomic E-state index is 0.0544. The molecule has 0 radical (unpaired) electrons. The van der Waals surface area contributed by atoms with E-state index in [0.717, 1.165) is 17.7 Å². The lowest BCUT2D eigenvalue weighted by Gasteiger charge is -2.03. The second-order valence-corrected chi connectivity index (χ2v) is 3.63. The predicted octanol–water partition coefficient (Wildman–Crippen LogP) is 2.30. The topological polar surface area (TPSA) is 68.1 Å². The number of rotatable bonds is 8. The fourth-order valence-corrected chi connectivity index (χ4v) is 1.15. The smallest absolute Gasteiger partial charge is 0.306 e. The Kier molecular flexibility index (Phi) is 6.32. The minimum atomic E-state index is -0.900. The van der Waals surface area contributed by atoms with Gasteiger partial charge in [0.25, 0.3) is 0 Å². The van der Waals surface area contributed by atoms with E-state index in [1.165, 1.54) is 6.21 Å². The fraction of sp³-hybridized carbons (Fsp3) is 0.385. The van der Waals surface area contributed by atoms with Gasteiger partial charge in [-0.1, -0.05) is 12.1 Å². The van der Waals surface area contributed by atoms with E-state index < -0.39 is 5.97 Å². The highest BCUT2D eigenvalue weighted by molar-refractivity contribution is 5.79. The molecule has 0 aromatic heterocycles. The van der Waals surface area contributed by atoms with Crippen LogP contribution in [0.4, 0.5) is 0 Å². The van der Waals surface area contributed by atoms with Crippen LogP contribution in [0.2, 0.25) is 0 Å². The zero-order valence-electron chi connectivity index (χ0n) is 10.3. The van der Waals surface area contributed by atoms with Crippen LogP contribution in [0, 0.1) is 0 Å². The zero-order valence-corrected chi connectivity index (χ0v) is 10.3. The summed E-state index contributed by atoms with van der Waals surface area (Å²) in [4.78, 5) is 15.0. The first kappa shape index (κ1) is 14.0. The molecule has 0 heterocycles. The number of hydrogen-bond donors (Lipinski definition) is 1. The molecule has 0 aliphatic heterocycles. The van der Waals surface area contributed by atoms with E-state index in [-0.39, 0.29) is 13.0 Å². The van der Waals surface area contributed by atoms with Crippen LogP contribution < -0.4 is 4.74 Å². The van der Waals surface area contributed by atoms with Crippen molar-refractivity contribution in [3.8, 4) is 5.75 Å². The second-order valence-electron chi connectivity index (χ2n) is 3.63. The highest BCUT2D eigenvalue weighted by atomic mass is 16.6. The van der Waals surface area contributed by atoms with Crippen molar-refractivity contribution >= 4 is 12.2 Å². The van der Waals surface area contributed by atoms with E-state index in [4.69, 9.17) is 14.7 Å². The van der Waals surface area contributed by atoms with Gasteiger partial charge in [-0.05, 0) is 36.2 Å². The van der Waals surface area contributed by atoms with Crippen LogP contribution in [0.5, 0.6) is 5.75 Å². The molecule has 0 aliphatic carbocycles. The van der Waals surface area contributed by atoms with Gasteiger partial charge in [0.05, 0.1) is 19.2 Å². The zero-order chi connectivity index (χ0) is 13.2. The van der Waals surface area contributed by atoms with Gasteiger partial charge >= 0.3 is 5.97 Å². The van der Waals surface area contributed by atoms with Crippen molar-refractivity contribution in [2.45, 2.75) is 19.8 Å². The number of carboxylic acids is 1. The van der Waals surface area contributed by atoms with Crippen molar-refractivity contribution in [3.63, 3.8) is 0 Å². The third-order valence-electron chi connectivity index (χ3n) is 2.04. The van der Waals surface area contributed by atoms with Gasteiger partial charge in [-0.3, -0.25) is 4.79 Å². The normalized spacial score (nSPS) is 10.5. The molecule has 0 aliphatic rings. The van der Waals surface area contributed by atoms with Gasteiger partial charge in [0, 0.05) is 0 Å². The number of hydrogen-bond acceptors (Lipinski definition) is 4. The average Bonchev–Trinajstić information content (AvgIpc) is 2.37. The van der Waals surface area contributed by atoms with Gasteiger partial charge in [-0.25, -0.2) is 0 Å². The lowest BCUT2D eigenvalue weighted by Crippen LogP contribution is -1.99. The number of benzene rings is 1. The summed E-state index contributed by atoms with van der Waals surface area (Å²) in [5.74, 6) is -0.0802. The molecule has 98 valence electrons. The van der Waals surface area contributed by atoms with E-state index in [1.807, 2.05) is 24.3 Å². The average molecular weight is 251 g/mol. The highest BCUT2D eigenvalue weighted by Crippen LogP contribution is 2.11. The van der Waals surface area contributed by atoms with Gasteiger partial charge < -0.3 is 14.7 Å². The van der Waals surface area contributed by atoms with Crippen molar-refractivity contribution in [1.29, 1.82) is 0 Å². The van der Waals surface area contributed by atoms with Crippen LogP contribution in [-0.4, -0.2) is 30.5 Å². The molecule has 0 fully saturated rings. The third kappa shape index (κ3) is 5.89. The molecule has 0 amide bonds. The first-order valence-electron chi connectivity index (χ1n) is 5.82. The van der Waals surface area contributed by atoms with Crippen molar-refractivity contribution < 1.29 is 19.5 Å². The van der Waals surface area contributed by atoms with Crippen LogP contribution in [-0.2, 0) is 9.63 Å². The maximum absolute atomic E-state index is 10.2. The summed E-state index contributed by atoms with van der Waals surface area (Å²) < 4.78 is 5.44. The Morgan fingerprint density at radius 1 is 1.33 bits per heavy atom. The first-order valence-corrected chi connectivity index (χ1v) is 5.82. The molecule has 1 aromatic carbocycles. The summed E-state index contributed by atoms with van der Waals surface area (Å²) in [6, 6.07) is 7.42. The molecule has 0 saturated carbocycles. The monoisotopic (exact) mass is 251 g/mol. The van der Waals surface area contributed by atoms with Gasteiger partial charge in [0.15, 0.2) is 0 Å². The molecule has 1 rings (SSSR count). The summed E-state index contributed by atoms with van der Waals surface area (Å²) in [7, 11) is 0. The van der Waals surface area contributed by atoms with Crippen molar-refractivity contribution in [1.82, 2.24) is 0 Å². The summed E-state index contributed by atoms with van der Waals surface area (Å²) in [6.07, 6.45) is 2.45. The maximum Gasteiger partial charge on any atom is 0.306 e. The van der Waals surface area contributed by atoms with E-state index in [9.17, 15) is 4.79 Å². The molecule has 0 unspecified atom stereocenters.